The zero-order chi connectivity index (χ0) is 11.1. The summed E-state index contributed by atoms with van der Waals surface area (Å²) in [5.74, 6) is 2.97. The molecule has 0 unspecified atom stereocenters. The summed E-state index contributed by atoms with van der Waals surface area (Å²) in [6.45, 7) is 0.610. The van der Waals surface area contributed by atoms with Crippen molar-refractivity contribution in [2.75, 3.05) is 25.0 Å². The lowest BCUT2D eigenvalue weighted by Crippen LogP contribution is -2.36. The molecular formula is C11H13N3O. The van der Waals surface area contributed by atoms with Crippen molar-refractivity contribution in [2.24, 2.45) is 0 Å². The fourth-order valence-corrected chi connectivity index (χ4v) is 1.04. The fourth-order valence-electron chi connectivity index (χ4n) is 1.04. The SMILES string of the molecule is C#CCNCC(=O)N(C)c1ccccn1. The van der Waals surface area contributed by atoms with Gasteiger partial charge < -0.3 is 0 Å². The van der Waals surface area contributed by atoms with Crippen LogP contribution in [0.2, 0.25) is 0 Å². The second-order valence-corrected chi connectivity index (χ2v) is 2.95. The predicted octanol–water partition coefficient (Wildman–Crippen LogP) is 0.267. The number of aromatic nitrogens is 1. The van der Waals surface area contributed by atoms with Gasteiger partial charge in [-0.05, 0) is 12.1 Å². The number of hydrogen-bond donors (Lipinski definition) is 1. The van der Waals surface area contributed by atoms with Crippen LogP contribution in [0.3, 0.4) is 0 Å². The summed E-state index contributed by atoms with van der Waals surface area (Å²) in [6.07, 6.45) is 6.70. The van der Waals surface area contributed by atoms with Crippen LogP contribution in [-0.4, -0.2) is 31.0 Å². The van der Waals surface area contributed by atoms with Crippen molar-refractivity contribution in [2.45, 2.75) is 0 Å². The van der Waals surface area contributed by atoms with Crippen LogP contribution >= 0.6 is 0 Å². The van der Waals surface area contributed by atoms with Crippen LogP contribution in [0.1, 0.15) is 0 Å². The summed E-state index contributed by atoms with van der Waals surface area (Å²) in [5, 5.41) is 2.83. The first-order chi connectivity index (χ1) is 7.25. The second-order valence-electron chi connectivity index (χ2n) is 2.95. The average Bonchev–Trinajstić information content (AvgIpc) is 2.29. The minimum atomic E-state index is -0.0658. The molecule has 4 nitrogen and oxygen atoms in total. The number of likely N-dealkylation sites (N-methyl/N-ethyl adjacent to an activating group) is 1. The highest BCUT2D eigenvalue weighted by atomic mass is 16.2. The Labute approximate surface area is 89.3 Å². The first-order valence-electron chi connectivity index (χ1n) is 4.57. The van der Waals surface area contributed by atoms with Gasteiger partial charge in [-0.25, -0.2) is 4.98 Å². The number of pyridine rings is 1. The number of amides is 1. The van der Waals surface area contributed by atoms with Gasteiger partial charge in [-0.15, -0.1) is 6.42 Å². The summed E-state index contributed by atoms with van der Waals surface area (Å²) >= 11 is 0. The molecule has 0 saturated heterocycles. The van der Waals surface area contributed by atoms with Gasteiger partial charge in [0.15, 0.2) is 0 Å². The summed E-state index contributed by atoms with van der Waals surface area (Å²) in [7, 11) is 1.68. The van der Waals surface area contributed by atoms with Crippen molar-refractivity contribution in [3.8, 4) is 12.3 Å². The minimum Gasteiger partial charge on any atom is -0.299 e. The molecule has 15 heavy (non-hydrogen) atoms. The molecule has 0 bridgehead atoms. The van der Waals surface area contributed by atoms with Crippen molar-refractivity contribution in [1.29, 1.82) is 0 Å². The molecule has 78 valence electrons. The van der Waals surface area contributed by atoms with Crippen LogP contribution in [0.4, 0.5) is 5.82 Å². The number of carbonyl (C=O) groups is 1. The van der Waals surface area contributed by atoms with Crippen LogP contribution in [0, 0.1) is 12.3 Å². The Morgan fingerprint density at radius 3 is 3.07 bits per heavy atom. The van der Waals surface area contributed by atoms with Gasteiger partial charge in [0.25, 0.3) is 0 Å². The van der Waals surface area contributed by atoms with E-state index in [0.717, 1.165) is 0 Å². The van der Waals surface area contributed by atoms with Gasteiger partial charge in [-0.2, -0.15) is 0 Å². The van der Waals surface area contributed by atoms with Crippen LogP contribution in [-0.2, 0) is 4.79 Å². The third-order valence-electron chi connectivity index (χ3n) is 1.87. The standard InChI is InChI=1S/C11H13N3O/c1-3-7-12-9-11(15)14(2)10-6-4-5-8-13-10/h1,4-6,8,12H,7,9H2,2H3. The maximum Gasteiger partial charge on any atom is 0.241 e. The van der Waals surface area contributed by atoms with E-state index in [1.165, 1.54) is 4.90 Å². The molecule has 0 aromatic carbocycles. The van der Waals surface area contributed by atoms with Crippen molar-refractivity contribution in [3.05, 3.63) is 24.4 Å². The van der Waals surface area contributed by atoms with E-state index in [4.69, 9.17) is 6.42 Å². The zero-order valence-electron chi connectivity index (χ0n) is 8.60. The maximum absolute atomic E-state index is 11.6. The quantitative estimate of drug-likeness (QED) is 0.564. The van der Waals surface area contributed by atoms with E-state index in [9.17, 15) is 4.79 Å². The summed E-state index contributed by atoms with van der Waals surface area (Å²) < 4.78 is 0. The van der Waals surface area contributed by atoms with E-state index in [1.54, 1.807) is 25.4 Å². The number of anilines is 1. The van der Waals surface area contributed by atoms with Crippen LogP contribution in [0.15, 0.2) is 24.4 Å². The van der Waals surface area contributed by atoms with Gasteiger partial charge in [-0.1, -0.05) is 12.0 Å². The number of terminal acetylenes is 1. The van der Waals surface area contributed by atoms with Gasteiger partial charge in [-0.3, -0.25) is 15.0 Å². The van der Waals surface area contributed by atoms with Gasteiger partial charge in [0, 0.05) is 13.2 Å². The summed E-state index contributed by atoms with van der Waals surface area (Å²) in [5.41, 5.74) is 0. The largest absolute Gasteiger partial charge is 0.299 e. The van der Waals surface area contributed by atoms with Crippen molar-refractivity contribution in [1.82, 2.24) is 10.3 Å². The van der Waals surface area contributed by atoms with Crippen LogP contribution < -0.4 is 10.2 Å². The van der Waals surface area contributed by atoms with E-state index in [2.05, 4.69) is 16.2 Å². The average molecular weight is 203 g/mol. The summed E-state index contributed by atoms with van der Waals surface area (Å²) in [4.78, 5) is 17.1. The Hall–Kier alpha value is -1.86. The highest BCUT2D eigenvalue weighted by Crippen LogP contribution is 2.05. The Balaban J connectivity index is 2.51. The van der Waals surface area contributed by atoms with E-state index in [0.29, 0.717) is 12.4 Å². The lowest BCUT2D eigenvalue weighted by molar-refractivity contribution is -0.117. The van der Waals surface area contributed by atoms with Crippen molar-refractivity contribution >= 4 is 11.7 Å². The topological polar surface area (TPSA) is 45.2 Å². The molecule has 1 rings (SSSR count). The Morgan fingerprint density at radius 1 is 1.67 bits per heavy atom. The molecule has 0 saturated carbocycles. The fraction of sp³-hybridized carbons (Fsp3) is 0.273. The number of rotatable bonds is 4. The molecule has 0 atom stereocenters. The molecular weight excluding hydrogens is 190 g/mol. The number of nitrogens with one attached hydrogen (secondary N) is 1. The highest BCUT2D eigenvalue weighted by Gasteiger charge is 2.09. The minimum absolute atomic E-state index is 0.0658. The lowest BCUT2D eigenvalue weighted by Gasteiger charge is -2.15. The molecule has 0 aliphatic rings. The first-order valence-corrected chi connectivity index (χ1v) is 4.57. The molecule has 1 aromatic rings. The van der Waals surface area contributed by atoms with Crippen molar-refractivity contribution in [3.63, 3.8) is 0 Å². The van der Waals surface area contributed by atoms with Crippen LogP contribution in [0.25, 0.3) is 0 Å². The third kappa shape index (κ3) is 3.41. The van der Waals surface area contributed by atoms with Gasteiger partial charge in [0.1, 0.15) is 5.82 Å². The molecule has 1 N–H and O–H groups in total. The Bertz CT molecular complexity index is 356. The van der Waals surface area contributed by atoms with E-state index in [1.807, 2.05) is 6.07 Å². The Kier molecular flexibility index (Phi) is 4.32. The van der Waals surface area contributed by atoms with Crippen molar-refractivity contribution < 1.29 is 4.79 Å². The smallest absolute Gasteiger partial charge is 0.241 e. The third-order valence-corrected chi connectivity index (χ3v) is 1.87. The van der Waals surface area contributed by atoms with E-state index >= 15 is 0 Å². The highest BCUT2D eigenvalue weighted by molar-refractivity contribution is 5.93. The predicted molar refractivity (Wildman–Crippen MR) is 59.3 cm³/mol. The molecule has 0 aliphatic carbocycles. The maximum atomic E-state index is 11.6. The number of nitrogens with zero attached hydrogens (tertiary/aromatic N) is 2. The van der Waals surface area contributed by atoms with E-state index in [-0.39, 0.29) is 12.5 Å². The van der Waals surface area contributed by atoms with Gasteiger partial charge >= 0.3 is 0 Å². The molecule has 0 aliphatic heterocycles. The van der Waals surface area contributed by atoms with Crippen LogP contribution in [0.5, 0.6) is 0 Å². The molecule has 1 heterocycles. The lowest BCUT2D eigenvalue weighted by atomic mass is 10.4. The molecule has 0 radical (unpaired) electrons. The number of hydrogen-bond acceptors (Lipinski definition) is 3. The first kappa shape index (κ1) is 11.2. The Morgan fingerprint density at radius 2 is 2.47 bits per heavy atom. The molecule has 1 aromatic heterocycles. The van der Waals surface area contributed by atoms with Gasteiger partial charge in [0.05, 0.1) is 13.1 Å². The van der Waals surface area contributed by atoms with E-state index < -0.39 is 0 Å². The normalized spacial score (nSPS) is 9.33. The zero-order valence-corrected chi connectivity index (χ0v) is 8.60. The molecule has 1 amide bonds. The molecule has 4 heteroatoms. The van der Waals surface area contributed by atoms with Gasteiger partial charge in [0.2, 0.25) is 5.91 Å². The number of carbonyl (C=O) groups excluding carboxylic acids is 1. The molecule has 0 spiro atoms. The monoisotopic (exact) mass is 203 g/mol. The molecule has 0 fully saturated rings. The summed E-state index contributed by atoms with van der Waals surface area (Å²) in [6, 6.07) is 5.42. The second kappa shape index (κ2) is 5.78.